The molecule has 0 aromatic heterocycles. The van der Waals surface area contributed by atoms with Crippen molar-refractivity contribution >= 4 is 37.7 Å². The Morgan fingerprint density at radius 3 is 1.62 bits per heavy atom. The quantitative estimate of drug-likeness (QED) is 0.257. The Morgan fingerprint density at radius 2 is 1.17 bits per heavy atom. The van der Waals surface area contributed by atoms with Gasteiger partial charge in [-0.15, -0.1) is 0 Å². The van der Waals surface area contributed by atoms with Gasteiger partial charge >= 0.3 is 49.6 Å². The number of aryl methyl sites for hydroxylation is 1. The maximum absolute atomic E-state index is 9.65. The van der Waals surface area contributed by atoms with Gasteiger partial charge in [-0.3, -0.25) is 0 Å². The Balaban J connectivity index is 0.000000922. The SMILES string of the molecule is CCCCCCCCCCCCc1ccccc1O.[Cl][W]([Cl])([Cl])[Cl]. The molecule has 6 heteroatoms. The molecule has 1 aromatic carbocycles. The number of benzene rings is 1. The average Bonchev–Trinajstić information content (AvgIpc) is 2.49. The van der Waals surface area contributed by atoms with E-state index in [4.69, 9.17) is 37.7 Å². The van der Waals surface area contributed by atoms with Crippen molar-refractivity contribution < 1.29 is 17.0 Å². The van der Waals surface area contributed by atoms with E-state index >= 15 is 0 Å². The van der Waals surface area contributed by atoms with Gasteiger partial charge in [-0.25, -0.2) is 0 Å². The fourth-order valence-electron chi connectivity index (χ4n) is 2.53. The van der Waals surface area contributed by atoms with Crippen LogP contribution in [0.3, 0.4) is 0 Å². The molecule has 0 aliphatic carbocycles. The topological polar surface area (TPSA) is 20.2 Å². The van der Waals surface area contributed by atoms with E-state index in [9.17, 15) is 5.11 Å². The molecular weight excluding hydrogens is 558 g/mol. The standard InChI is InChI=1S/C18H30O.4ClH.W/c1-2-3-4-5-6-7-8-9-10-11-14-17-15-12-13-16-18(17)19;;;;;/h12-13,15-16,19H,2-11,14H2,1H3;4*1H;/q;;;;;+4/p-4. The second kappa shape index (κ2) is 16.1. The summed E-state index contributed by atoms with van der Waals surface area (Å²) in [5.74, 6) is 0.457. The van der Waals surface area contributed by atoms with Gasteiger partial charge in [-0.1, -0.05) is 82.9 Å². The molecule has 1 aromatic rings. The molecule has 0 saturated heterocycles. The van der Waals surface area contributed by atoms with E-state index in [-0.39, 0.29) is 0 Å². The number of hydrogen-bond acceptors (Lipinski definition) is 1. The van der Waals surface area contributed by atoms with Gasteiger partial charge in [0.1, 0.15) is 5.75 Å². The summed E-state index contributed by atoms with van der Waals surface area (Å²) in [5, 5.41) is 9.65. The van der Waals surface area contributed by atoms with E-state index in [0.29, 0.717) is 5.75 Å². The molecule has 0 amide bonds. The predicted molar refractivity (Wildman–Crippen MR) is 107 cm³/mol. The first kappa shape index (κ1) is 24.9. The molecule has 142 valence electrons. The van der Waals surface area contributed by atoms with E-state index < -0.39 is 11.9 Å². The third-order valence-electron chi connectivity index (χ3n) is 3.79. The zero-order chi connectivity index (χ0) is 18.3. The van der Waals surface area contributed by atoms with E-state index in [0.717, 1.165) is 12.0 Å². The zero-order valence-corrected chi connectivity index (χ0v) is 20.4. The number of phenolic OH excluding ortho intramolecular Hbond substituents is 1. The monoisotopic (exact) mass is 586 g/mol. The van der Waals surface area contributed by atoms with Crippen LogP contribution >= 0.6 is 37.7 Å². The third-order valence-corrected chi connectivity index (χ3v) is 3.79. The number of halogens is 4. The molecule has 24 heavy (non-hydrogen) atoms. The van der Waals surface area contributed by atoms with Crippen LogP contribution < -0.4 is 0 Å². The van der Waals surface area contributed by atoms with Crippen LogP contribution in [0.25, 0.3) is 0 Å². The van der Waals surface area contributed by atoms with Gasteiger partial charge in [0.25, 0.3) is 0 Å². The second-order valence-corrected chi connectivity index (χ2v) is 31.3. The van der Waals surface area contributed by atoms with Gasteiger partial charge in [-0.05, 0) is 24.5 Å². The van der Waals surface area contributed by atoms with Crippen molar-refractivity contribution in [2.45, 2.75) is 77.6 Å². The van der Waals surface area contributed by atoms with Crippen molar-refractivity contribution in [1.29, 1.82) is 0 Å². The van der Waals surface area contributed by atoms with Crippen molar-refractivity contribution in [2.75, 3.05) is 0 Å². The minimum atomic E-state index is -3.28. The number of rotatable bonds is 11. The van der Waals surface area contributed by atoms with Crippen LogP contribution in [0.15, 0.2) is 24.3 Å². The number of para-hydroxylation sites is 1. The van der Waals surface area contributed by atoms with Crippen molar-refractivity contribution in [2.24, 2.45) is 0 Å². The van der Waals surface area contributed by atoms with Crippen molar-refractivity contribution in [1.82, 2.24) is 0 Å². The first-order chi connectivity index (χ1) is 11.3. The Morgan fingerprint density at radius 1 is 0.750 bits per heavy atom. The van der Waals surface area contributed by atoms with Crippen LogP contribution in [-0.4, -0.2) is 5.11 Å². The van der Waals surface area contributed by atoms with Crippen molar-refractivity contribution in [3.63, 3.8) is 0 Å². The van der Waals surface area contributed by atoms with Gasteiger partial charge in [-0.2, -0.15) is 0 Å². The summed E-state index contributed by atoms with van der Waals surface area (Å²) in [6.45, 7) is 2.27. The van der Waals surface area contributed by atoms with Crippen LogP contribution in [0.4, 0.5) is 0 Å². The summed E-state index contributed by atoms with van der Waals surface area (Å²) < 4.78 is 0. The molecule has 0 atom stereocenters. The Kier molecular flexibility index (Phi) is 16.7. The molecule has 0 fully saturated rings. The summed E-state index contributed by atoms with van der Waals surface area (Å²) in [4.78, 5) is 0. The molecule has 1 N–H and O–H groups in total. The second-order valence-electron chi connectivity index (χ2n) is 5.91. The predicted octanol–water partition coefficient (Wildman–Crippen LogP) is 8.61. The van der Waals surface area contributed by atoms with Gasteiger partial charge in [0, 0.05) is 0 Å². The zero-order valence-electron chi connectivity index (χ0n) is 14.5. The average molecular weight is 588 g/mol. The molecule has 0 aliphatic heterocycles. The number of unbranched alkanes of at least 4 members (excludes halogenated alkanes) is 9. The van der Waals surface area contributed by atoms with Crippen LogP contribution in [0.1, 0.15) is 76.7 Å². The number of phenols is 1. The molecule has 0 spiro atoms. The maximum atomic E-state index is 9.65. The Hall–Kier alpha value is 0.868. The number of aromatic hydroxyl groups is 1. The van der Waals surface area contributed by atoms with E-state index in [2.05, 4.69) is 6.92 Å². The molecule has 1 rings (SSSR count). The molecule has 0 aliphatic rings. The molecular formula is C18H30Cl4OW. The van der Waals surface area contributed by atoms with E-state index in [1.165, 1.54) is 64.2 Å². The van der Waals surface area contributed by atoms with Gasteiger partial charge in [0.2, 0.25) is 0 Å². The van der Waals surface area contributed by atoms with Gasteiger partial charge < -0.3 is 5.11 Å². The fourth-order valence-corrected chi connectivity index (χ4v) is 2.53. The van der Waals surface area contributed by atoms with Crippen molar-refractivity contribution in [3.8, 4) is 5.75 Å². The fraction of sp³-hybridized carbons (Fsp3) is 0.667. The molecule has 0 bridgehead atoms. The summed E-state index contributed by atoms with van der Waals surface area (Å²) >= 11 is -3.28. The van der Waals surface area contributed by atoms with Crippen LogP contribution in [-0.2, 0) is 18.3 Å². The molecule has 0 radical (unpaired) electrons. The summed E-state index contributed by atoms with van der Waals surface area (Å²) in [6.07, 6.45) is 14.6. The Bertz CT molecular complexity index is 404. The van der Waals surface area contributed by atoms with Crippen LogP contribution in [0.5, 0.6) is 5.75 Å². The molecule has 0 unspecified atom stereocenters. The summed E-state index contributed by atoms with van der Waals surface area (Å²) in [7, 11) is 20.1. The number of hydrogen-bond donors (Lipinski definition) is 1. The van der Waals surface area contributed by atoms with Crippen molar-refractivity contribution in [3.05, 3.63) is 29.8 Å². The molecule has 1 nitrogen and oxygen atoms in total. The van der Waals surface area contributed by atoms with Gasteiger partial charge in [0.15, 0.2) is 0 Å². The normalized spacial score (nSPS) is 11.7. The summed E-state index contributed by atoms with van der Waals surface area (Å²) in [6, 6.07) is 7.71. The first-order valence-corrected chi connectivity index (χ1v) is 23.3. The van der Waals surface area contributed by atoms with Gasteiger partial charge in [0.05, 0.1) is 0 Å². The van der Waals surface area contributed by atoms with Crippen LogP contribution in [0, 0.1) is 0 Å². The first-order valence-electron chi connectivity index (χ1n) is 8.73. The molecule has 0 saturated carbocycles. The van der Waals surface area contributed by atoms with E-state index in [1.54, 1.807) is 6.07 Å². The van der Waals surface area contributed by atoms with E-state index in [1.807, 2.05) is 18.2 Å². The third kappa shape index (κ3) is 19.2. The molecule has 0 heterocycles. The Labute approximate surface area is 166 Å². The van der Waals surface area contributed by atoms with Crippen LogP contribution in [0.2, 0.25) is 0 Å². The minimum absolute atomic E-state index is 0.457. The summed E-state index contributed by atoms with van der Waals surface area (Å²) in [5.41, 5.74) is 1.10.